The van der Waals surface area contributed by atoms with Crippen molar-refractivity contribution in [2.75, 3.05) is 10.7 Å². The van der Waals surface area contributed by atoms with Crippen LogP contribution in [0.3, 0.4) is 0 Å². The lowest BCUT2D eigenvalue weighted by Crippen LogP contribution is -2.08. The third kappa shape index (κ3) is 3.96. The van der Waals surface area contributed by atoms with Crippen molar-refractivity contribution in [1.82, 2.24) is 4.98 Å². The molecule has 0 bridgehead atoms. The fourth-order valence-corrected chi connectivity index (χ4v) is 1.89. The van der Waals surface area contributed by atoms with E-state index >= 15 is 0 Å². The number of nitrogen functional groups attached to an aromatic ring is 1. The van der Waals surface area contributed by atoms with Gasteiger partial charge in [-0.25, -0.2) is 10.8 Å². The van der Waals surface area contributed by atoms with E-state index < -0.39 is 0 Å². The number of hydrazine groups is 1. The highest BCUT2D eigenvalue weighted by Crippen LogP contribution is 2.19. The van der Waals surface area contributed by atoms with Gasteiger partial charge >= 0.3 is 0 Å². The van der Waals surface area contributed by atoms with Gasteiger partial charge in [0.15, 0.2) is 0 Å². The Morgan fingerprint density at radius 2 is 1.89 bits per heavy atom. The third-order valence-corrected chi connectivity index (χ3v) is 2.97. The number of hydrogen-bond acceptors (Lipinski definition) is 4. The van der Waals surface area contributed by atoms with E-state index in [-0.39, 0.29) is 0 Å². The predicted molar refractivity (Wildman–Crippen MR) is 80.4 cm³/mol. The fourth-order valence-electron chi connectivity index (χ4n) is 1.89. The molecule has 2 aromatic rings. The zero-order valence-corrected chi connectivity index (χ0v) is 11.2. The molecule has 0 unspecified atom stereocenters. The van der Waals surface area contributed by atoms with E-state index in [1.165, 1.54) is 18.4 Å². The van der Waals surface area contributed by atoms with Crippen molar-refractivity contribution in [3.63, 3.8) is 0 Å². The van der Waals surface area contributed by atoms with Crippen molar-refractivity contribution < 1.29 is 0 Å². The van der Waals surface area contributed by atoms with Crippen molar-refractivity contribution >= 4 is 17.2 Å². The topological polar surface area (TPSA) is 63.0 Å². The first kappa shape index (κ1) is 13.4. The zero-order chi connectivity index (χ0) is 13.5. The van der Waals surface area contributed by atoms with Crippen LogP contribution in [0.5, 0.6) is 0 Å². The highest BCUT2D eigenvalue weighted by molar-refractivity contribution is 5.62. The lowest BCUT2D eigenvalue weighted by molar-refractivity contribution is 0.795. The van der Waals surface area contributed by atoms with E-state index in [0.717, 1.165) is 17.8 Å². The van der Waals surface area contributed by atoms with E-state index in [9.17, 15) is 0 Å². The van der Waals surface area contributed by atoms with Gasteiger partial charge in [-0.1, -0.05) is 25.5 Å². The number of unbranched alkanes of at least 4 members (excludes halogenated alkanes) is 1. The summed E-state index contributed by atoms with van der Waals surface area (Å²) < 4.78 is 0. The van der Waals surface area contributed by atoms with Crippen LogP contribution in [0.15, 0.2) is 42.6 Å². The first-order valence-electron chi connectivity index (χ1n) is 6.60. The van der Waals surface area contributed by atoms with Crippen LogP contribution in [0.25, 0.3) is 0 Å². The van der Waals surface area contributed by atoms with Gasteiger partial charge in [-0.3, -0.25) is 0 Å². The van der Waals surface area contributed by atoms with Crippen LogP contribution < -0.4 is 16.6 Å². The molecule has 100 valence electrons. The summed E-state index contributed by atoms with van der Waals surface area (Å²) >= 11 is 0. The number of nitrogens with zero attached hydrogens (tertiary/aromatic N) is 1. The van der Waals surface area contributed by atoms with E-state index in [2.05, 4.69) is 46.9 Å². The van der Waals surface area contributed by atoms with E-state index in [1.807, 2.05) is 12.1 Å². The van der Waals surface area contributed by atoms with Crippen LogP contribution >= 0.6 is 0 Å². The summed E-state index contributed by atoms with van der Waals surface area (Å²) in [7, 11) is 0. The smallest absolute Gasteiger partial charge is 0.141 e. The van der Waals surface area contributed by atoms with Gasteiger partial charge in [0, 0.05) is 23.6 Å². The number of pyridine rings is 1. The molecule has 0 aliphatic carbocycles. The Morgan fingerprint density at radius 3 is 2.58 bits per heavy atom. The number of hydrogen-bond donors (Lipinski definition) is 3. The fraction of sp³-hybridized carbons (Fsp3) is 0.267. The highest BCUT2D eigenvalue weighted by atomic mass is 15.2. The van der Waals surface area contributed by atoms with Gasteiger partial charge in [0.2, 0.25) is 0 Å². The quantitative estimate of drug-likeness (QED) is 0.547. The molecule has 0 fully saturated rings. The van der Waals surface area contributed by atoms with E-state index in [4.69, 9.17) is 5.84 Å². The Balaban J connectivity index is 2.02. The van der Waals surface area contributed by atoms with Crippen LogP contribution in [-0.2, 0) is 6.42 Å². The van der Waals surface area contributed by atoms with Gasteiger partial charge in [-0.15, -0.1) is 0 Å². The summed E-state index contributed by atoms with van der Waals surface area (Å²) in [6.45, 7) is 2.21. The maximum Gasteiger partial charge on any atom is 0.141 e. The zero-order valence-electron chi connectivity index (χ0n) is 11.2. The van der Waals surface area contributed by atoms with Crippen LogP contribution in [0, 0.1) is 0 Å². The Morgan fingerprint density at radius 1 is 1.11 bits per heavy atom. The number of aryl methyl sites for hydroxylation is 1. The molecule has 0 saturated carbocycles. The van der Waals surface area contributed by atoms with Crippen LogP contribution in [0.1, 0.15) is 25.3 Å². The molecular weight excluding hydrogens is 236 g/mol. The van der Waals surface area contributed by atoms with Crippen molar-refractivity contribution in [1.29, 1.82) is 0 Å². The minimum absolute atomic E-state index is 0.643. The normalized spacial score (nSPS) is 10.2. The first-order valence-corrected chi connectivity index (χ1v) is 6.60. The van der Waals surface area contributed by atoms with Crippen LogP contribution in [0.2, 0.25) is 0 Å². The summed E-state index contributed by atoms with van der Waals surface area (Å²) in [5, 5.41) is 3.33. The second kappa shape index (κ2) is 6.75. The maximum absolute atomic E-state index is 5.34. The van der Waals surface area contributed by atoms with Crippen molar-refractivity contribution in [3.8, 4) is 0 Å². The van der Waals surface area contributed by atoms with Crippen molar-refractivity contribution in [2.45, 2.75) is 26.2 Å². The average molecular weight is 256 g/mol. The third-order valence-electron chi connectivity index (χ3n) is 2.97. The van der Waals surface area contributed by atoms with Crippen LogP contribution in [-0.4, -0.2) is 4.98 Å². The monoisotopic (exact) mass is 256 g/mol. The van der Waals surface area contributed by atoms with Crippen molar-refractivity contribution in [2.24, 2.45) is 5.84 Å². The molecular formula is C15H20N4. The molecule has 4 N–H and O–H groups in total. The molecule has 19 heavy (non-hydrogen) atoms. The molecule has 2 rings (SSSR count). The van der Waals surface area contributed by atoms with Crippen LogP contribution in [0.4, 0.5) is 17.2 Å². The molecule has 0 atom stereocenters. The Kier molecular flexibility index (Phi) is 4.75. The lowest BCUT2D eigenvalue weighted by atomic mass is 10.1. The van der Waals surface area contributed by atoms with Gasteiger partial charge in [-0.05, 0) is 36.6 Å². The summed E-state index contributed by atoms with van der Waals surface area (Å²) in [6.07, 6.45) is 5.33. The number of rotatable bonds is 6. The molecule has 0 spiro atoms. The lowest BCUT2D eigenvalue weighted by Gasteiger charge is -2.08. The Hall–Kier alpha value is -2.07. The molecule has 0 saturated heterocycles. The summed E-state index contributed by atoms with van der Waals surface area (Å²) in [6, 6.07) is 12.3. The first-order chi connectivity index (χ1) is 9.31. The van der Waals surface area contributed by atoms with Gasteiger partial charge in [0.25, 0.3) is 0 Å². The SMILES string of the molecule is CCCCc1ccc(Nc2ccnc(NN)c2)cc1. The minimum atomic E-state index is 0.643. The summed E-state index contributed by atoms with van der Waals surface area (Å²) in [5.74, 6) is 5.98. The number of nitrogens with one attached hydrogen (secondary N) is 2. The number of aromatic nitrogens is 1. The summed E-state index contributed by atoms with van der Waals surface area (Å²) in [5.41, 5.74) is 5.94. The molecule has 4 nitrogen and oxygen atoms in total. The maximum atomic E-state index is 5.34. The van der Waals surface area contributed by atoms with E-state index in [1.54, 1.807) is 6.20 Å². The molecule has 1 heterocycles. The predicted octanol–water partition coefficient (Wildman–Crippen LogP) is 3.45. The summed E-state index contributed by atoms with van der Waals surface area (Å²) in [4.78, 5) is 4.07. The minimum Gasteiger partial charge on any atom is -0.355 e. The second-order valence-electron chi connectivity index (χ2n) is 4.50. The molecule has 0 amide bonds. The van der Waals surface area contributed by atoms with Gasteiger partial charge in [0.05, 0.1) is 0 Å². The average Bonchev–Trinajstić information content (AvgIpc) is 2.47. The van der Waals surface area contributed by atoms with Crippen molar-refractivity contribution in [3.05, 3.63) is 48.2 Å². The molecule has 1 aromatic heterocycles. The van der Waals surface area contributed by atoms with Gasteiger partial charge in [0.1, 0.15) is 5.82 Å². The largest absolute Gasteiger partial charge is 0.355 e. The van der Waals surface area contributed by atoms with E-state index in [0.29, 0.717) is 5.82 Å². The second-order valence-corrected chi connectivity index (χ2v) is 4.50. The number of nitrogens with two attached hydrogens (primary N) is 1. The molecule has 0 radical (unpaired) electrons. The molecule has 0 aliphatic heterocycles. The molecule has 4 heteroatoms. The number of benzene rings is 1. The van der Waals surface area contributed by atoms with Gasteiger partial charge in [-0.2, -0.15) is 0 Å². The molecule has 1 aromatic carbocycles. The number of anilines is 3. The van der Waals surface area contributed by atoms with Gasteiger partial charge < -0.3 is 10.7 Å². The Labute approximate surface area is 114 Å². The standard InChI is InChI=1S/C15H20N4/c1-2-3-4-12-5-7-13(8-6-12)18-14-9-10-17-15(11-14)19-16/h5-11H,2-4,16H2,1H3,(H2,17,18,19). The highest BCUT2D eigenvalue weighted by Gasteiger charge is 1.98. The molecule has 0 aliphatic rings. The Bertz CT molecular complexity index is 508.